The van der Waals surface area contributed by atoms with Gasteiger partial charge in [0, 0.05) is 17.9 Å². The number of aryl methyl sites for hydroxylation is 1. The lowest BCUT2D eigenvalue weighted by molar-refractivity contribution is -0.121. The monoisotopic (exact) mass is 335 g/mol. The Hall–Kier alpha value is -1.88. The van der Waals surface area contributed by atoms with Crippen LogP contribution in [0.2, 0.25) is 0 Å². The molecule has 0 spiro atoms. The Morgan fingerprint density at radius 1 is 0.957 bits per heavy atom. The van der Waals surface area contributed by atoms with Crippen molar-refractivity contribution in [2.24, 2.45) is 0 Å². The number of rotatable bonds is 8. The van der Waals surface area contributed by atoms with Crippen LogP contribution in [0.15, 0.2) is 53.4 Å². The molecule has 0 aliphatic heterocycles. The Morgan fingerprint density at radius 3 is 2.22 bits per heavy atom. The van der Waals surface area contributed by atoms with Crippen molar-refractivity contribution in [3.05, 3.63) is 65.7 Å². The number of carbonyl (C=O) groups excluding carboxylic acids is 1. The summed E-state index contributed by atoms with van der Waals surface area (Å²) < 4.78 is 25.5. The summed E-state index contributed by atoms with van der Waals surface area (Å²) >= 11 is 1.64. The molecule has 0 aliphatic carbocycles. The van der Waals surface area contributed by atoms with Crippen molar-refractivity contribution >= 4 is 17.7 Å². The maximum Gasteiger partial charge on any atom is 0.220 e. The third-order valence-electron chi connectivity index (χ3n) is 3.28. The van der Waals surface area contributed by atoms with Crippen LogP contribution < -0.4 is 5.32 Å². The molecular weight excluding hydrogens is 316 g/mol. The normalized spacial score (nSPS) is 10.5. The zero-order chi connectivity index (χ0) is 16.5. The molecule has 23 heavy (non-hydrogen) atoms. The average molecular weight is 335 g/mol. The highest BCUT2D eigenvalue weighted by Crippen LogP contribution is 2.18. The van der Waals surface area contributed by atoms with Gasteiger partial charge in [-0.2, -0.15) is 0 Å². The fourth-order valence-corrected chi connectivity index (χ4v) is 2.87. The molecule has 0 bridgehead atoms. The molecule has 0 heterocycles. The van der Waals surface area contributed by atoms with Crippen LogP contribution >= 0.6 is 11.8 Å². The molecule has 0 aliphatic rings. The van der Waals surface area contributed by atoms with Crippen LogP contribution in [-0.4, -0.2) is 18.2 Å². The Bertz CT molecular complexity index is 614. The van der Waals surface area contributed by atoms with Gasteiger partial charge in [0.2, 0.25) is 5.91 Å². The number of hydrogen-bond acceptors (Lipinski definition) is 2. The molecule has 0 fully saturated rings. The number of hydrogen-bond donors (Lipinski definition) is 1. The largest absolute Gasteiger partial charge is 0.356 e. The summed E-state index contributed by atoms with van der Waals surface area (Å²) in [5.74, 6) is 0.366. The van der Waals surface area contributed by atoms with Gasteiger partial charge in [-0.3, -0.25) is 4.79 Å². The average Bonchev–Trinajstić information content (AvgIpc) is 2.56. The zero-order valence-corrected chi connectivity index (χ0v) is 13.5. The SMILES string of the molecule is O=C(CCc1ccc(F)cc1)NCCCSc1ccc(F)cc1. The van der Waals surface area contributed by atoms with Gasteiger partial charge >= 0.3 is 0 Å². The summed E-state index contributed by atoms with van der Waals surface area (Å²) in [4.78, 5) is 12.7. The maximum atomic E-state index is 12.8. The molecule has 0 atom stereocenters. The van der Waals surface area contributed by atoms with Gasteiger partial charge in [-0.15, -0.1) is 11.8 Å². The van der Waals surface area contributed by atoms with Crippen LogP contribution in [0, 0.1) is 11.6 Å². The highest BCUT2D eigenvalue weighted by Gasteiger charge is 2.02. The van der Waals surface area contributed by atoms with E-state index < -0.39 is 0 Å². The minimum Gasteiger partial charge on any atom is -0.356 e. The molecule has 1 N–H and O–H groups in total. The van der Waals surface area contributed by atoms with Gasteiger partial charge in [0.25, 0.3) is 0 Å². The molecule has 0 aromatic heterocycles. The van der Waals surface area contributed by atoms with Crippen molar-refractivity contribution in [3.63, 3.8) is 0 Å². The van der Waals surface area contributed by atoms with E-state index in [2.05, 4.69) is 5.32 Å². The maximum absolute atomic E-state index is 12.8. The van der Waals surface area contributed by atoms with Crippen molar-refractivity contribution in [1.82, 2.24) is 5.32 Å². The van der Waals surface area contributed by atoms with Gasteiger partial charge in [-0.25, -0.2) is 8.78 Å². The van der Waals surface area contributed by atoms with Crippen molar-refractivity contribution < 1.29 is 13.6 Å². The van der Waals surface area contributed by atoms with Crippen LogP contribution in [0.25, 0.3) is 0 Å². The Balaban J connectivity index is 1.56. The molecule has 1 amide bonds. The first-order valence-corrected chi connectivity index (χ1v) is 8.51. The molecule has 0 unspecified atom stereocenters. The number of nitrogens with one attached hydrogen (secondary N) is 1. The minimum atomic E-state index is -0.267. The first-order valence-electron chi connectivity index (χ1n) is 7.53. The van der Waals surface area contributed by atoms with Gasteiger partial charge < -0.3 is 5.32 Å². The molecule has 122 valence electrons. The molecular formula is C18H19F2NOS. The van der Waals surface area contributed by atoms with Crippen LogP contribution in [0.5, 0.6) is 0 Å². The number of amides is 1. The molecule has 0 saturated carbocycles. The van der Waals surface area contributed by atoms with E-state index >= 15 is 0 Å². The van der Waals surface area contributed by atoms with E-state index in [1.807, 2.05) is 0 Å². The highest BCUT2D eigenvalue weighted by molar-refractivity contribution is 7.99. The standard InChI is InChI=1S/C18H19F2NOS/c19-15-5-2-14(3-6-15)4-11-18(22)21-12-1-13-23-17-9-7-16(20)8-10-17/h2-3,5-10H,1,4,11-13H2,(H,21,22). The van der Waals surface area contributed by atoms with E-state index in [1.54, 1.807) is 36.0 Å². The third-order valence-corrected chi connectivity index (χ3v) is 4.38. The van der Waals surface area contributed by atoms with Crippen LogP contribution in [0.4, 0.5) is 8.78 Å². The number of benzene rings is 2. The number of thioether (sulfide) groups is 1. The topological polar surface area (TPSA) is 29.1 Å². The predicted molar refractivity (Wildman–Crippen MR) is 89.5 cm³/mol. The van der Waals surface area contributed by atoms with E-state index in [0.717, 1.165) is 22.6 Å². The summed E-state index contributed by atoms with van der Waals surface area (Å²) in [6.45, 7) is 0.621. The summed E-state index contributed by atoms with van der Waals surface area (Å²) in [6.07, 6.45) is 1.86. The van der Waals surface area contributed by atoms with Crippen molar-refractivity contribution in [2.45, 2.75) is 24.2 Å². The molecule has 2 aromatic rings. The first kappa shape index (κ1) is 17.5. The second-order valence-corrected chi connectivity index (χ2v) is 6.30. The second kappa shape index (κ2) is 9.30. The lowest BCUT2D eigenvalue weighted by atomic mass is 10.1. The molecule has 0 radical (unpaired) electrons. The highest BCUT2D eigenvalue weighted by atomic mass is 32.2. The predicted octanol–water partition coefficient (Wildman–Crippen LogP) is 4.20. The fraction of sp³-hybridized carbons (Fsp3) is 0.278. The third kappa shape index (κ3) is 6.82. The lowest BCUT2D eigenvalue weighted by Crippen LogP contribution is -2.24. The quantitative estimate of drug-likeness (QED) is 0.579. The molecule has 2 aromatic carbocycles. The van der Waals surface area contributed by atoms with E-state index in [1.165, 1.54) is 24.3 Å². The Labute approximate surface area is 139 Å². The number of carbonyl (C=O) groups is 1. The molecule has 5 heteroatoms. The smallest absolute Gasteiger partial charge is 0.220 e. The molecule has 2 rings (SSSR count). The zero-order valence-electron chi connectivity index (χ0n) is 12.7. The van der Waals surface area contributed by atoms with Gasteiger partial charge in [0.15, 0.2) is 0 Å². The Kier molecular flexibility index (Phi) is 7.07. The van der Waals surface area contributed by atoms with Gasteiger partial charge in [0.05, 0.1) is 0 Å². The summed E-state index contributed by atoms with van der Waals surface area (Å²) in [7, 11) is 0. The fourth-order valence-electron chi connectivity index (χ4n) is 2.02. The summed E-state index contributed by atoms with van der Waals surface area (Å²) in [5.41, 5.74) is 0.952. The minimum absolute atomic E-state index is 0.00103. The summed E-state index contributed by atoms with van der Waals surface area (Å²) in [6, 6.07) is 12.6. The molecule has 2 nitrogen and oxygen atoms in total. The van der Waals surface area contributed by atoms with E-state index in [0.29, 0.717) is 19.4 Å². The van der Waals surface area contributed by atoms with Crippen LogP contribution in [-0.2, 0) is 11.2 Å². The van der Waals surface area contributed by atoms with Gasteiger partial charge in [-0.05, 0) is 60.6 Å². The second-order valence-electron chi connectivity index (χ2n) is 5.13. The van der Waals surface area contributed by atoms with Gasteiger partial charge in [0.1, 0.15) is 11.6 Å². The van der Waals surface area contributed by atoms with Gasteiger partial charge in [-0.1, -0.05) is 12.1 Å². The van der Waals surface area contributed by atoms with E-state index in [4.69, 9.17) is 0 Å². The van der Waals surface area contributed by atoms with Crippen molar-refractivity contribution in [2.75, 3.05) is 12.3 Å². The summed E-state index contributed by atoms with van der Waals surface area (Å²) in [5, 5.41) is 2.87. The van der Waals surface area contributed by atoms with Crippen LogP contribution in [0.3, 0.4) is 0 Å². The lowest BCUT2D eigenvalue weighted by Gasteiger charge is -2.06. The Morgan fingerprint density at radius 2 is 1.57 bits per heavy atom. The first-order chi connectivity index (χ1) is 11.1. The van der Waals surface area contributed by atoms with E-state index in [-0.39, 0.29) is 17.5 Å². The number of halogens is 2. The van der Waals surface area contributed by atoms with Crippen molar-refractivity contribution in [1.29, 1.82) is 0 Å². The van der Waals surface area contributed by atoms with Crippen molar-refractivity contribution in [3.8, 4) is 0 Å². The van der Waals surface area contributed by atoms with E-state index in [9.17, 15) is 13.6 Å². The molecule has 0 saturated heterocycles. The van der Waals surface area contributed by atoms with Crippen LogP contribution in [0.1, 0.15) is 18.4 Å².